The minimum Gasteiger partial charge on any atom is -0.383 e. The van der Waals surface area contributed by atoms with Gasteiger partial charge in [0.15, 0.2) is 5.96 Å². The summed E-state index contributed by atoms with van der Waals surface area (Å²) in [5.74, 6) is 1.23. The van der Waals surface area contributed by atoms with Gasteiger partial charge in [-0.25, -0.2) is 0 Å². The van der Waals surface area contributed by atoms with Gasteiger partial charge in [-0.15, -0.1) is 0 Å². The lowest BCUT2D eigenvalue weighted by molar-refractivity contribution is 0.211. The number of guanidine groups is 1. The Bertz CT molecular complexity index is 713. The number of aliphatic imine (C=N–C) groups is 1. The average molecular weight is 369 g/mol. The average Bonchev–Trinajstić information content (AvgIpc) is 2.69. The SMILES string of the molecule is CN=C(NCc1ccc(NCCOC)cc1)NCC(C)c1cccc(C)c1. The fraction of sp³-hybridized carbons (Fsp3) is 0.409. The summed E-state index contributed by atoms with van der Waals surface area (Å²) in [5, 5.41) is 10.1. The van der Waals surface area contributed by atoms with Crippen molar-refractivity contribution in [3.8, 4) is 0 Å². The fourth-order valence-electron chi connectivity index (χ4n) is 2.79. The Morgan fingerprint density at radius 3 is 2.56 bits per heavy atom. The molecule has 0 bridgehead atoms. The van der Waals surface area contributed by atoms with Crippen LogP contribution in [0.25, 0.3) is 0 Å². The highest BCUT2D eigenvalue weighted by atomic mass is 16.5. The molecule has 0 aromatic heterocycles. The first-order valence-corrected chi connectivity index (χ1v) is 9.45. The zero-order chi connectivity index (χ0) is 19.5. The van der Waals surface area contributed by atoms with E-state index in [1.807, 2.05) is 0 Å². The highest BCUT2D eigenvalue weighted by Gasteiger charge is 2.07. The van der Waals surface area contributed by atoms with Gasteiger partial charge >= 0.3 is 0 Å². The number of ether oxygens (including phenoxy) is 1. The van der Waals surface area contributed by atoms with Gasteiger partial charge < -0.3 is 20.7 Å². The van der Waals surface area contributed by atoms with E-state index in [4.69, 9.17) is 4.74 Å². The molecule has 0 saturated carbocycles. The Labute approximate surface area is 163 Å². The summed E-state index contributed by atoms with van der Waals surface area (Å²) in [7, 11) is 3.51. The fourth-order valence-corrected chi connectivity index (χ4v) is 2.79. The minimum atomic E-state index is 0.418. The molecule has 0 aliphatic heterocycles. The first kappa shape index (κ1) is 20.8. The number of hydrogen-bond donors (Lipinski definition) is 3. The summed E-state index contributed by atoms with van der Waals surface area (Å²) in [5.41, 5.74) is 4.95. The lowest BCUT2D eigenvalue weighted by Gasteiger charge is -2.17. The number of methoxy groups -OCH3 is 1. The molecule has 0 aliphatic carbocycles. The third kappa shape index (κ3) is 7.31. The molecule has 0 saturated heterocycles. The number of hydrogen-bond acceptors (Lipinski definition) is 3. The Morgan fingerprint density at radius 2 is 1.89 bits per heavy atom. The van der Waals surface area contributed by atoms with E-state index in [1.54, 1.807) is 14.2 Å². The van der Waals surface area contributed by atoms with Crippen LogP contribution in [0.2, 0.25) is 0 Å². The van der Waals surface area contributed by atoms with Crippen LogP contribution < -0.4 is 16.0 Å². The summed E-state index contributed by atoms with van der Waals surface area (Å²) < 4.78 is 5.05. The maximum atomic E-state index is 5.05. The number of nitrogens with zero attached hydrogens (tertiary/aromatic N) is 1. The van der Waals surface area contributed by atoms with Crippen molar-refractivity contribution in [3.63, 3.8) is 0 Å². The van der Waals surface area contributed by atoms with Crippen molar-refractivity contribution in [2.75, 3.05) is 39.2 Å². The number of nitrogens with one attached hydrogen (secondary N) is 3. The van der Waals surface area contributed by atoms with E-state index in [-0.39, 0.29) is 0 Å². The quantitative estimate of drug-likeness (QED) is 0.360. The highest BCUT2D eigenvalue weighted by molar-refractivity contribution is 5.79. The molecule has 2 aromatic carbocycles. The lowest BCUT2D eigenvalue weighted by Crippen LogP contribution is -2.38. The van der Waals surface area contributed by atoms with Crippen molar-refractivity contribution in [3.05, 3.63) is 65.2 Å². The molecule has 0 heterocycles. The number of rotatable bonds is 9. The second kappa shape index (κ2) is 11.2. The van der Waals surface area contributed by atoms with E-state index < -0.39 is 0 Å². The van der Waals surface area contributed by atoms with Crippen LogP contribution in [0.5, 0.6) is 0 Å². The van der Waals surface area contributed by atoms with Gasteiger partial charge in [-0.05, 0) is 36.1 Å². The number of anilines is 1. The van der Waals surface area contributed by atoms with Crippen LogP contribution in [-0.2, 0) is 11.3 Å². The van der Waals surface area contributed by atoms with Crippen LogP contribution in [0.4, 0.5) is 5.69 Å². The summed E-state index contributed by atoms with van der Waals surface area (Å²) in [6.07, 6.45) is 0. The maximum absolute atomic E-state index is 5.05. The van der Waals surface area contributed by atoms with E-state index in [9.17, 15) is 0 Å². The monoisotopic (exact) mass is 368 g/mol. The number of benzene rings is 2. The first-order valence-electron chi connectivity index (χ1n) is 9.45. The van der Waals surface area contributed by atoms with Gasteiger partial charge in [-0.1, -0.05) is 48.9 Å². The molecule has 0 amide bonds. The van der Waals surface area contributed by atoms with E-state index in [0.717, 1.165) is 31.3 Å². The van der Waals surface area contributed by atoms with Crippen molar-refractivity contribution in [1.82, 2.24) is 10.6 Å². The van der Waals surface area contributed by atoms with Gasteiger partial charge in [-0.2, -0.15) is 0 Å². The Morgan fingerprint density at radius 1 is 1.11 bits per heavy atom. The van der Waals surface area contributed by atoms with E-state index in [2.05, 4.69) is 83.3 Å². The minimum absolute atomic E-state index is 0.418. The molecule has 2 rings (SSSR count). The molecule has 0 aliphatic rings. The zero-order valence-corrected chi connectivity index (χ0v) is 16.9. The Kier molecular flexibility index (Phi) is 8.65. The van der Waals surface area contributed by atoms with Crippen molar-refractivity contribution >= 4 is 11.6 Å². The van der Waals surface area contributed by atoms with E-state index in [0.29, 0.717) is 12.5 Å². The van der Waals surface area contributed by atoms with Crippen LogP contribution in [0.1, 0.15) is 29.5 Å². The molecule has 27 heavy (non-hydrogen) atoms. The zero-order valence-electron chi connectivity index (χ0n) is 16.9. The van der Waals surface area contributed by atoms with Crippen molar-refractivity contribution < 1.29 is 4.74 Å². The van der Waals surface area contributed by atoms with Crippen molar-refractivity contribution in [2.45, 2.75) is 26.3 Å². The van der Waals surface area contributed by atoms with Crippen LogP contribution >= 0.6 is 0 Å². The Balaban J connectivity index is 1.78. The highest BCUT2D eigenvalue weighted by Crippen LogP contribution is 2.15. The second-order valence-corrected chi connectivity index (χ2v) is 6.74. The van der Waals surface area contributed by atoms with E-state index in [1.165, 1.54) is 16.7 Å². The molecule has 0 fully saturated rings. The molecule has 2 aromatic rings. The van der Waals surface area contributed by atoms with Gasteiger partial charge in [-0.3, -0.25) is 4.99 Å². The van der Waals surface area contributed by atoms with Crippen molar-refractivity contribution in [2.24, 2.45) is 4.99 Å². The van der Waals surface area contributed by atoms with Gasteiger partial charge in [0.1, 0.15) is 0 Å². The standard InChI is InChI=1S/C22H32N4O/c1-17-6-5-7-20(14-17)18(2)15-25-22(23-3)26-16-19-8-10-21(11-9-19)24-12-13-27-4/h5-11,14,18,24H,12-13,15-16H2,1-4H3,(H2,23,25,26). The molecule has 0 radical (unpaired) electrons. The second-order valence-electron chi connectivity index (χ2n) is 6.74. The van der Waals surface area contributed by atoms with Crippen molar-refractivity contribution in [1.29, 1.82) is 0 Å². The largest absolute Gasteiger partial charge is 0.383 e. The third-order valence-electron chi connectivity index (χ3n) is 4.46. The molecule has 3 N–H and O–H groups in total. The van der Waals surface area contributed by atoms with Gasteiger partial charge in [0.25, 0.3) is 0 Å². The number of aryl methyl sites for hydroxylation is 1. The summed E-state index contributed by atoms with van der Waals surface area (Å²) in [6, 6.07) is 17.1. The molecule has 5 heteroatoms. The van der Waals surface area contributed by atoms with E-state index >= 15 is 0 Å². The molecular formula is C22H32N4O. The lowest BCUT2D eigenvalue weighted by atomic mass is 9.99. The summed E-state index contributed by atoms with van der Waals surface area (Å²) >= 11 is 0. The predicted molar refractivity (Wildman–Crippen MR) is 115 cm³/mol. The third-order valence-corrected chi connectivity index (χ3v) is 4.46. The van der Waals surface area contributed by atoms with Crippen LogP contribution in [0.3, 0.4) is 0 Å². The molecule has 1 atom stereocenters. The van der Waals surface area contributed by atoms with Crippen LogP contribution in [0.15, 0.2) is 53.5 Å². The normalized spacial score (nSPS) is 12.5. The molecule has 5 nitrogen and oxygen atoms in total. The first-order chi connectivity index (χ1) is 13.1. The smallest absolute Gasteiger partial charge is 0.191 e. The maximum Gasteiger partial charge on any atom is 0.191 e. The van der Waals surface area contributed by atoms with Gasteiger partial charge in [0.2, 0.25) is 0 Å². The molecule has 0 spiro atoms. The van der Waals surface area contributed by atoms with Gasteiger partial charge in [0.05, 0.1) is 6.61 Å². The van der Waals surface area contributed by atoms with Crippen LogP contribution in [0, 0.1) is 6.92 Å². The molecule has 146 valence electrons. The van der Waals surface area contributed by atoms with Crippen LogP contribution in [-0.4, -0.2) is 39.8 Å². The van der Waals surface area contributed by atoms with Gasteiger partial charge in [0, 0.05) is 39.5 Å². The summed E-state index contributed by atoms with van der Waals surface area (Å²) in [4.78, 5) is 4.32. The predicted octanol–water partition coefficient (Wildman–Crippen LogP) is 3.52. The topological polar surface area (TPSA) is 57.7 Å². The molecular weight excluding hydrogens is 336 g/mol. The molecule has 1 unspecified atom stereocenters. The Hall–Kier alpha value is -2.53. The summed E-state index contributed by atoms with van der Waals surface area (Å²) in [6.45, 7) is 7.44.